The minimum Gasteiger partial charge on any atom is -0.323 e. The first kappa shape index (κ1) is 11.1. The van der Waals surface area contributed by atoms with Crippen LogP contribution in [0.25, 0.3) is 6.08 Å². The van der Waals surface area contributed by atoms with Crippen molar-refractivity contribution >= 4 is 18.3 Å². The largest absolute Gasteiger partial charge is 0.323 e. The van der Waals surface area contributed by atoms with E-state index >= 15 is 0 Å². The Hall–Kier alpha value is -1.97. The van der Waals surface area contributed by atoms with Gasteiger partial charge in [0.15, 0.2) is 6.29 Å². The van der Waals surface area contributed by atoms with Crippen LogP contribution in [0.3, 0.4) is 0 Å². The van der Waals surface area contributed by atoms with E-state index in [0.717, 1.165) is 0 Å². The predicted octanol–water partition coefficient (Wildman–Crippen LogP) is 1.15. The first-order chi connectivity index (χ1) is 7.26. The van der Waals surface area contributed by atoms with Crippen LogP contribution in [-0.2, 0) is 9.59 Å². The smallest absolute Gasteiger partial charge is 0.224 e. The molecule has 0 fully saturated rings. The number of carbonyl (C=O) groups is 2. The highest BCUT2D eigenvalue weighted by molar-refractivity contribution is 5.89. The van der Waals surface area contributed by atoms with Crippen LogP contribution in [0.5, 0.6) is 0 Å². The Kier molecular flexibility index (Phi) is 4.22. The van der Waals surface area contributed by atoms with Gasteiger partial charge in [0.25, 0.3) is 0 Å². The maximum Gasteiger partial charge on any atom is 0.224 e. The molecule has 1 rings (SSSR count). The first-order valence-electron chi connectivity index (χ1n) is 4.64. The van der Waals surface area contributed by atoms with E-state index in [2.05, 4.69) is 10.3 Å². The fraction of sp³-hybridized carbons (Fsp3) is 0.182. The van der Waals surface area contributed by atoms with E-state index in [1.54, 1.807) is 25.3 Å². The topological polar surface area (TPSA) is 59.1 Å². The van der Waals surface area contributed by atoms with Crippen molar-refractivity contribution in [2.45, 2.75) is 13.3 Å². The lowest BCUT2D eigenvalue weighted by molar-refractivity contribution is -0.121. The fourth-order valence-electron chi connectivity index (χ4n) is 0.970. The lowest BCUT2D eigenvalue weighted by Gasteiger charge is -2.01. The zero-order valence-electron chi connectivity index (χ0n) is 8.43. The van der Waals surface area contributed by atoms with Crippen molar-refractivity contribution in [1.82, 2.24) is 10.3 Å². The molecule has 4 nitrogen and oxygen atoms in total. The molecule has 1 heterocycles. The van der Waals surface area contributed by atoms with Crippen molar-refractivity contribution in [2.75, 3.05) is 0 Å². The molecule has 1 amide bonds. The molecule has 0 aliphatic carbocycles. The van der Waals surface area contributed by atoms with Gasteiger partial charge in [-0.05, 0) is 18.2 Å². The molecule has 0 unspecified atom stereocenters. The second-order valence-electron chi connectivity index (χ2n) is 2.87. The van der Waals surface area contributed by atoms with Gasteiger partial charge in [-0.25, -0.2) is 0 Å². The van der Waals surface area contributed by atoms with Crippen molar-refractivity contribution in [2.24, 2.45) is 0 Å². The summed E-state index contributed by atoms with van der Waals surface area (Å²) in [5.41, 5.74) is 0.858. The Morgan fingerprint density at radius 2 is 2.33 bits per heavy atom. The molecule has 0 atom stereocenters. The van der Waals surface area contributed by atoms with Crippen LogP contribution >= 0.6 is 0 Å². The Bertz CT molecular complexity index is 371. The molecule has 4 heteroatoms. The standard InChI is InChI=1S/C11H12N2O2/c1-2-11(15)13-10(8-14)7-9-5-3-4-6-12-9/h3-8H,2H2,1H3,(H,13,15)/b10-7-. The van der Waals surface area contributed by atoms with Gasteiger partial charge < -0.3 is 5.32 Å². The maximum atomic E-state index is 11.0. The number of hydrogen-bond acceptors (Lipinski definition) is 3. The number of pyridine rings is 1. The van der Waals surface area contributed by atoms with Crippen LogP contribution in [0.4, 0.5) is 0 Å². The Morgan fingerprint density at radius 1 is 1.53 bits per heavy atom. The van der Waals surface area contributed by atoms with E-state index in [9.17, 15) is 9.59 Å². The number of carbonyl (C=O) groups excluding carboxylic acids is 2. The van der Waals surface area contributed by atoms with Crippen LogP contribution in [0, 0.1) is 0 Å². The number of rotatable bonds is 4. The summed E-state index contributed by atoms with van der Waals surface area (Å²) in [5.74, 6) is -0.190. The van der Waals surface area contributed by atoms with Gasteiger partial charge in [0.1, 0.15) is 0 Å². The van der Waals surface area contributed by atoms with Crippen LogP contribution in [0.2, 0.25) is 0 Å². The van der Waals surface area contributed by atoms with Gasteiger partial charge in [-0.2, -0.15) is 0 Å². The molecule has 0 bridgehead atoms. The zero-order chi connectivity index (χ0) is 11.1. The van der Waals surface area contributed by atoms with E-state index in [4.69, 9.17) is 0 Å². The van der Waals surface area contributed by atoms with Gasteiger partial charge in [-0.15, -0.1) is 0 Å². The summed E-state index contributed by atoms with van der Waals surface area (Å²) in [7, 11) is 0. The third-order valence-corrected chi connectivity index (χ3v) is 1.72. The lowest BCUT2D eigenvalue weighted by atomic mass is 10.3. The molecular formula is C11H12N2O2. The summed E-state index contributed by atoms with van der Waals surface area (Å²) >= 11 is 0. The monoisotopic (exact) mass is 204 g/mol. The third-order valence-electron chi connectivity index (χ3n) is 1.72. The zero-order valence-corrected chi connectivity index (χ0v) is 8.43. The molecule has 0 saturated heterocycles. The Morgan fingerprint density at radius 3 is 2.87 bits per heavy atom. The lowest BCUT2D eigenvalue weighted by Crippen LogP contribution is -2.22. The molecule has 0 radical (unpaired) electrons. The van der Waals surface area contributed by atoms with Crippen molar-refractivity contribution in [3.05, 3.63) is 35.8 Å². The predicted molar refractivity (Wildman–Crippen MR) is 56.7 cm³/mol. The van der Waals surface area contributed by atoms with Crippen LogP contribution in [0.15, 0.2) is 30.1 Å². The van der Waals surface area contributed by atoms with Gasteiger partial charge in [0.2, 0.25) is 5.91 Å². The van der Waals surface area contributed by atoms with E-state index < -0.39 is 0 Å². The van der Waals surface area contributed by atoms with E-state index in [-0.39, 0.29) is 11.6 Å². The molecular weight excluding hydrogens is 192 g/mol. The van der Waals surface area contributed by atoms with Crippen LogP contribution < -0.4 is 5.32 Å². The van der Waals surface area contributed by atoms with Gasteiger partial charge in [0, 0.05) is 12.6 Å². The summed E-state index contributed by atoms with van der Waals surface area (Å²) in [6.45, 7) is 1.72. The molecule has 1 aromatic heterocycles. The number of amides is 1. The molecule has 78 valence electrons. The molecule has 1 aromatic rings. The molecule has 0 spiro atoms. The van der Waals surface area contributed by atoms with Crippen LogP contribution in [-0.4, -0.2) is 17.2 Å². The third kappa shape index (κ3) is 3.72. The minimum absolute atomic E-state index is 0.190. The second-order valence-corrected chi connectivity index (χ2v) is 2.87. The molecule has 0 saturated carbocycles. The highest BCUT2D eigenvalue weighted by atomic mass is 16.2. The molecule has 0 aromatic carbocycles. The summed E-state index contributed by atoms with van der Waals surface area (Å²) in [6, 6.07) is 5.34. The van der Waals surface area contributed by atoms with Gasteiger partial charge in [0.05, 0.1) is 11.4 Å². The van der Waals surface area contributed by atoms with Crippen molar-refractivity contribution in [1.29, 1.82) is 0 Å². The average molecular weight is 204 g/mol. The SMILES string of the molecule is CCC(=O)N/C(C=O)=C\c1ccccn1. The highest BCUT2D eigenvalue weighted by Crippen LogP contribution is 1.99. The van der Waals surface area contributed by atoms with Crippen molar-refractivity contribution in [3.8, 4) is 0 Å². The van der Waals surface area contributed by atoms with Crippen molar-refractivity contribution in [3.63, 3.8) is 0 Å². The van der Waals surface area contributed by atoms with E-state index in [1.165, 1.54) is 6.08 Å². The van der Waals surface area contributed by atoms with Crippen LogP contribution in [0.1, 0.15) is 19.0 Å². The molecule has 0 aliphatic heterocycles. The maximum absolute atomic E-state index is 11.0. The normalized spacial score (nSPS) is 10.9. The Labute approximate surface area is 88.0 Å². The molecule has 0 aliphatic rings. The number of nitrogens with one attached hydrogen (secondary N) is 1. The number of nitrogens with zero attached hydrogens (tertiary/aromatic N) is 1. The second kappa shape index (κ2) is 5.70. The Balaban J connectivity index is 2.79. The van der Waals surface area contributed by atoms with Crippen molar-refractivity contribution < 1.29 is 9.59 Å². The number of aromatic nitrogens is 1. The van der Waals surface area contributed by atoms with Gasteiger partial charge in [-0.3, -0.25) is 14.6 Å². The number of hydrogen-bond donors (Lipinski definition) is 1. The molecule has 15 heavy (non-hydrogen) atoms. The summed E-state index contributed by atoms with van der Waals surface area (Å²) < 4.78 is 0. The quantitative estimate of drug-likeness (QED) is 0.591. The summed E-state index contributed by atoms with van der Waals surface area (Å²) in [4.78, 5) is 25.7. The summed E-state index contributed by atoms with van der Waals surface area (Å²) in [5, 5.41) is 2.48. The number of aldehydes is 1. The van der Waals surface area contributed by atoms with E-state index in [0.29, 0.717) is 18.4 Å². The minimum atomic E-state index is -0.190. The fourth-order valence-corrected chi connectivity index (χ4v) is 0.970. The average Bonchev–Trinajstić information content (AvgIpc) is 2.29. The first-order valence-corrected chi connectivity index (χ1v) is 4.64. The highest BCUT2D eigenvalue weighted by Gasteiger charge is 2.00. The van der Waals surface area contributed by atoms with Gasteiger partial charge in [-0.1, -0.05) is 13.0 Å². The number of allylic oxidation sites excluding steroid dienone is 1. The van der Waals surface area contributed by atoms with E-state index in [1.807, 2.05) is 6.07 Å². The summed E-state index contributed by atoms with van der Waals surface area (Å²) in [6.07, 6.45) is 4.09. The van der Waals surface area contributed by atoms with Gasteiger partial charge >= 0.3 is 0 Å². The molecule has 1 N–H and O–H groups in total.